The summed E-state index contributed by atoms with van der Waals surface area (Å²) in [6.07, 6.45) is 1.84. The van der Waals surface area contributed by atoms with Crippen LogP contribution in [-0.4, -0.2) is 36.4 Å². The Balaban J connectivity index is 1.68. The van der Waals surface area contributed by atoms with Gasteiger partial charge in [-0.2, -0.15) is 5.10 Å². The monoisotopic (exact) mass is 433 g/mol. The Labute approximate surface area is 187 Å². The van der Waals surface area contributed by atoms with Gasteiger partial charge >= 0.3 is 5.97 Å². The number of amides is 1. The minimum Gasteiger partial charge on any atom is -0.497 e. The van der Waals surface area contributed by atoms with Crippen LogP contribution in [0.15, 0.2) is 59.7 Å². The molecule has 2 aromatic carbocycles. The molecule has 32 heavy (non-hydrogen) atoms. The molecule has 7 heteroatoms. The first-order valence-corrected chi connectivity index (χ1v) is 10.3. The Morgan fingerprint density at radius 3 is 2.53 bits per heavy atom. The number of carbonyl (C=O) groups excluding carboxylic acids is 2. The van der Waals surface area contributed by atoms with Gasteiger partial charge in [-0.25, -0.2) is 10.2 Å². The standard InChI is InChI=1S/C25H27N3O4/c1-5-32-25(30)20-9-11-22(12-10-20)28-17(2)13-21(18(28)3)16-26-27-24(29)15-19-7-6-8-23(14-19)31-4/h6-14,16H,5,15H2,1-4H3,(H,27,29)/b26-16+. The molecule has 1 N–H and O–H groups in total. The number of aromatic nitrogens is 1. The number of nitrogens with zero attached hydrogens (tertiary/aromatic N) is 2. The number of hydrogen-bond acceptors (Lipinski definition) is 5. The zero-order chi connectivity index (χ0) is 23.1. The number of carbonyl (C=O) groups is 2. The van der Waals surface area contributed by atoms with Gasteiger partial charge in [-0.3, -0.25) is 4.79 Å². The topological polar surface area (TPSA) is 81.9 Å². The van der Waals surface area contributed by atoms with Crippen molar-refractivity contribution in [3.63, 3.8) is 0 Å². The Morgan fingerprint density at radius 1 is 1.09 bits per heavy atom. The summed E-state index contributed by atoms with van der Waals surface area (Å²) in [5.41, 5.74) is 7.73. The van der Waals surface area contributed by atoms with Crippen LogP contribution in [0.1, 0.15) is 39.8 Å². The van der Waals surface area contributed by atoms with Gasteiger partial charge in [-0.15, -0.1) is 0 Å². The molecule has 0 unspecified atom stereocenters. The quantitative estimate of drug-likeness (QED) is 0.331. The van der Waals surface area contributed by atoms with E-state index in [2.05, 4.69) is 15.1 Å². The highest BCUT2D eigenvalue weighted by atomic mass is 16.5. The molecular formula is C25H27N3O4. The Morgan fingerprint density at radius 2 is 1.84 bits per heavy atom. The second-order valence-corrected chi connectivity index (χ2v) is 7.25. The van der Waals surface area contributed by atoms with Crippen molar-refractivity contribution in [2.24, 2.45) is 5.10 Å². The van der Waals surface area contributed by atoms with E-state index in [0.29, 0.717) is 17.9 Å². The maximum Gasteiger partial charge on any atom is 0.338 e. The van der Waals surface area contributed by atoms with Crippen molar-refractivity contribution in [1.29, 1.82) is 0 Å². The van der Waals surface area contributed by atoms with E-state index in [9.17, 15) is 9.59 Å². The number of benzene rings is 2. The number of hydrazone groups is 1. The SMILES string of the molecule is CCOC(=O)c1ccc(-n2c(C)cc(/C=N/NC(=O)Cc3cccc(OC)c3)c2C)cc1. The van der Waals surface area contributed by atoms with Crippen molar-refractivity contribution in [2.45, 2.75) is 27.2 Å². The maximum absolute atomic E-state index is 12.2. The summed E-state index contributed by atoms with van der Waals surface area (Å²) in [5, 5.41) is 4.12. The third-order valence-electron chi connectivity index (χ3n) is 5.00. The number of rotatable bonds is 8. The molecule has 0 spiro atoms. The van der Waals surface area contributed by atoms with Crippen LogP contribution in [0.4, 0.5) is 0 Å². The third-order valence-corrected chi connectivity index (χ3v) is 5.00. The highest BCUT2D eigenvalue weighted by Gasteiger charge is 2.11. The van der Waals surface area contributed by atoms with Gasteiger partial charge in [0.05, 0.1) is 31.9 Å². The first-order chi connectivity index (χ1) is 15.4. The summed E-state index contributed by atoms with van der Waals surface area (Å²) < 4.78 is 12.3. The molecule has 0 aliphatic rings. The van der Waals surface area contributed by atoms with Crippen LogP contribution in [0.25, 0.3) is 5.69 Å². The van der Waals surface area contributed by atoms with E-state index in [4.69, 9.17) is 9.47 Å². The average molecular weight is 434 g/mol. The lowest BCUT2D eigenvalue weighted by Crippen LogP contribution is -2.19. The minimum atomic E-state index is -0.336. The van der Waals surface area contributed by atoms with Gasteiger partial charge in [0.25, 0.3) is 0 Å². The normalized spacial score (nSPS) is 10.9. The molecule has 0 saturated carbocycles. The van der Waals surface area contributed by atoms with Crippen LogP contribution in [0.2, 0.25) is 0 Å². The fourth-order valence-electron chi connectivity index (χ4n) is 3.46. The Bertz CT molecular complexity index is 1130. The minimum absolute atomic E-state index is 0.209. The molecule has 7 nitrogen and oxygen atoms in total. The van der Waals surface area contributed by atoms with Gasteiger partial charge in [0.1, 0.15) is 5.75 Å². The average Bonchev–Trinajstić information content (AvgIpc) is 3.07. The van der Waals surface area contributed by atoms with Crippen molar-refractivity contribution < 1.29 is 19.1 Å². The largest absolute Gasteiger partial charge is 0.497 e. The van der Waals surface area contributed by atoms with Crippen LogP contribution in [0.5, 0.6) is 5.75 Å². The molecule has 0 saturated heterocycles. The molecule has 3 rings (SSSR count). The Kier molecular flexibility index (Phi) is 7.44. The second kappa shape index (κ2) is 10.4. The van der Waals surface area contributed by atoms with Gasteiger partial charge in [0.15, 0.2) is 0 Å². The molecule has 1 aromatic heterocycles. The number of aryl methyl sites for hydroxylation is 1. The summed E-state index contributed by atoms with van der Waals surface area (Å²) in [6.45, 7) is 6.09. The van der Waals surface area contributed by atoms with Crippen LogP contribution >= 0.6 is 0 Å². The van der Waals surface area contributed by atoms with Crippen LogP contribution in [-0.2, 0) is 16.0 Å². The first kappa shape index (κ1) is 22.8. The van der Waals surface area contributed by atoms with E-state index < -0.39 is 0 Å². The van der Waals surface area contributed by atoms with Crippen molar-refractivity contribution in [2.75, 3.05) is 13.7 Å². The fourth-order valence-corrected chi connectivity index (χ4v) is 3.46. The van der Waals surface area contributed by atoms with E-state index in [1.807, 2.05) is 56.3 Å². The van der Waals surface area contributed by atoms with E-state index in [1.54, 1.807) is 32.4 Å². The van der Waals surface area contributed by atoms with Gasteiger partial charge in [-0.1, -0.05) is 12.1 Å². The predicted octanol–water partition coefficient (Wildman–Crippen LogP) is 3.97. The van der Waals surface area contributed by atoms with E-state index in [1.165, 1.54) is 0 Å². The molecule has 3 aromatic rings. The third kappa shape index (κ3) is 5.43. The maximum atomic E-state index is 12.2. The van der Waals surface area contributed by atoms with Crippen LogP contribution in [0.3, 0.4) is 0 Å². The highest BCUT2D eigenvalue weighted by Crippen LogP contribution is 2.20. The second-order valence-electron chi connectivity index (χ2n) is 7.25. The summed E-state index contributed by atoms with van der Waals surface area (Å²) in [7, 11) is 1.59. The van der Waals surface area contributed by atoms with E-state index >= 15 is 0 Å². The van der Waals surface area contributed by atoms with Crippen molar-refractivity contribution in [3.8, 4) is 11.4 Å². The molecule has 0 atom stereocenters. The van der Waals surface area contributed by atoms with Crippen molar-refractivity contribution >= 4 is 18.1 Å². The highest BCUT2D eigenvalue weighted by molar-refractivity contribution is 5.89. The molecule has 166 valence electrons. The van der Waals surface area contributed by atoms with E-state index in [-0.39, 0.29) is 18.3 Å². The van der Waals surface area contributed by atoms with E-state index in [0.717, 1.165) is 28.2 Å². The van der Waals surface area contributed by atoms with Gasteiger partial charge < -0.3 is 14.0 Å². The summed E-state index contributed by atoms with van der Waals surface area (Å²) >= 11 is 0. The van der Waals surface area contributed by atoms with Crippen LogP contribution < -0.4 is 10.2 Å². The van der Waals surface area contributed by atoms with Gasteiger partial charge in [0, 0.05) is 22.6 Å². The zero-order valence-electron chi connectivity index (χ0n) is 18.7. The molecule has 1 amide bonds. The van der Waals surface area contributed by atoms with Crippen molar-refractivity contribution in [1.82, 2.24) is 9.99 Å². The predicted molar refractivity (Wildman–Crippen MR) is 124 cm³/mol. The first-order valence-electron chi connectivity index (χ1n) is 10.3. The number of esters is 1. The van der Waals surface area contributed by atoms with Gasteiger partial charge in [0.2, 0.25) is 5.91 Å². The summed E-state index contributed by atoms with van der Waals surface area (Å²) in [5.74, 6) is 0.164. The fraction of sp³-hybridized carbons (Fsp3) is 0.240. The molecule has 0 bridgehead atoms. The number of nitrogens with one attached hydrogen (secondary N) is 1. The van der Waals surface area contributed by atoms with Crippen LogP contribution in [0, 0.1) is 13.8 Å². The number of methoxy groups -OCH3 is 1. The molecule has 0 fully saturated rings. The zero-order valence-corrected chi connectivity index (χ0v) is 18.7. The lowest BCUT2D eigenvalue weighted by molar-refractivity contribution is -0.120. The molecule has 1 heterocycles. The molecular weight excluding hydrogens is 406 g/mol. The lowest BCUT2D eigenvalue weighted by atomic mass is 10.1. The number of hydrogen-bond donors (Lipinski definition) is 1. The lowest BCUT2D eigenvalue weighted by Gasteiger charge is -2.10. The summed E-state index contributed by atoms with van der Waals surface area (Å²) in [4.78, 5) is 24.1. The van der Waals surface area contributed by atoms with Crippen molar-refractivity contribution in [3.05, 3.63) is 82.7 Å². The Hall–Kier alpha value is -3.87. The summed E-state index contributed by atoms with van der Waals surface area (Å²) in [6, 6.07) is 16.6. The van der Waals surface area contributed by atoms with Gasteiger partial charge in [-0.05, 0) is 68.8 Å². The molecule has 0 aliphatic carbocycles. The number of ether oxygens (including phenoxy) is 2. The molecule has 0 radical (unpaired) electrons. The molecule has 0 aliphatic heterocycles. The smallest absolute Gasteiger partial charge is 0.338 e.